The first-order valence-corrected chi connectivity index (χ1v) is 5.95. The molecule has 1 aliphatic rings. The lowest BCUT2D eigenvalue weighted by atomic mass is 10.2. The zero-order chi connectivity index (χ0) is 11.7. The molecule has 17 heavy (non-hydrogen) atoms. The third-order valence-corrected chi connectivity index (χ3v) is 2.95. The van der Waals surface area contributed by atoms with Gasteiger partial charge in [-0.25, -0.2) is 9.50 Å². The summed E-state index contributed by atoms with van der Waals surface area (Å²) < 4.78 is 7.47. The maximum absolute atomic E-state index is 5.65. The topological polar surface area (TPSA) is 51.5 Å². The Balaban J connectivity index is 1.80. The Morgan fingerprint density at radius 2 is 2.53 bits per heavy atom. The van der Waals surface area contributed by atoms with Gasteiger partial charge in [-0.1, -0.05) is 0 Å². The smallest absolute Gasteiger partial charge is 0.155 e. The molecule has 0 bridgehead atoms. The maximum Gasteiger partial charge on any atom is 0.155 e. The molecule has 2 aromatic heterocycles. The van der Waals surface area contributed by atoms with Crippen LogP contribution in [0.5, 0.6) is 0 Å². The van der Waals surface area contributed by atoms with E-state index in [1.165, 1.54) is 5.56 Å². The summed E-state index contributed by atoms with van der Waals surface area (Å²) in [7, 11) is 0. The van der Waals surface area contributed by atoms with Crippen LogP contribution in [-0.4, -0.2) is 40.4 Å². The van der Waals surface area contributed by atoms with Crippen LogP contribution >= 0.6 is 0 Å². The second kappa shape index (κ2) is 4.43. The maximum atomic E-state index is 5.65. The molecule has 0 aliphatic carbocycles. The first-order chi connectivity index (χ1) is 8.31. The lowest BCUT2D eigenvalue weighted by molar-refractivity contribution is 0.0281. The SMILES string of the molecule is Cc1ccn2nc(CC3CNCCO3)nc2c1. The van der Waals surface area contributed by atoms with Gasteiger partial charge in [-0.3, -0.25) is 0 Å². The second-order valence-electron chi connectivity index (χ2n) is 4.44. The van der Waals surface area contributed by atoms with E-state index < -0.39 is 0 Å². The van der Waals surface area contributed by atoms with E-state index in [2.05, 4.69) is 22.3 Å². The number of aryl methyl sites for hydroxylation is 1. The van der Waals surface area contributed by atoms with Crippen molar-refractivity contribution in [1.82, 2.24) is 19.9 Å². The molecule has 5 nitrogen and oxygen atoms in total. The van der Waals surface area contributed by atoms with Crippen molar-refractivity contribution < 1.29 is 4.74 Å². The number of rotatable bonds is 2. The summed E-state index contributed by atoms with van der Waals surface area (Å²) in [5.74, 6) is 0.851. The van der Waals surface area contributed by atoms with Crippen molar-refractivity contribution in [3.05, 3.63) is 29.7 Å². The quantitative estimate of drug-likeness (QED) is 0.822. The summed E-state index contributed by atoms with van der Waals surface area (Å²) >= 11 is 0. The van der Waals surface area contributed by atoms with Crippen LogP contribution in [0.15, 0.2) is 18.3 Å². The normalized spacial score (nSPS) is 20.9. The second-order valence-corrected chi connectivity index (χ2v) is 4.44. The fraction of sp³-hybridized carbons (Fsp3) is 0.500. The predicted molar refractivity (Wildman–Crippen MR) is 64.0 cm³/mol. The minimum Gasteiger partial charge on any atom is -0.375 e. The Hall–Kier alpha value is -1.46. The van der Waals surface area contributed by atoms with E-state index in [-0.39, 0.29) is 6.10 Å². The minimum absolute atomic E-state index is 0.197. The Morgan fingerprint density at radius 3 is 3.35 bits per heavy atom. The number of aromatic nitrogens is 3. The molecule has 90 valence electrons. The molecule has 1 saturated heterocycles. The summed E-state index contributed by atoms with van der Waals surface area (Å²) in [6.07, 6.45) is 2.91. The van der Waals surface area contributed by atoms with E-state index in [1.54, 1.807) is 0 Å². The van der Waals surface area contributed by atoms with Crippen LogP contribution in [0.4, 0.5) is 0 Å². The van der Waals surface area contributed by atoms with E-state index in [9.17, 15) is 0 Å². The van der Waals surface area contributed by atoms with Gasteiger partial charge in [-0.05, 0) is 24.6 Å². The molecular formula is C12H16N4O. The number of hydrogen-bond acceptors (Lipinski definition) is 4. The number of morpholine rings is 1. The summed E-state index contributed by atoms with van der Waals surface area (Å²) in [5.41, 5.74) is 2.11. The first kappa shape index (κ1) is 10.7. The van der Waals surface area contributed by atoms with Crippen LogP contribution in [0, 0.1) is 6.92 Å². The van der Waals surface area contributed by atoms with Crippen molar-refractivity contribution >= 4 is 5.65 Å². The van der Waals surface area contributed by atoms with Crippen LogP contribution in [0.25, 0.3) is 5.65 Å². The van der Waals surface area contributed by atoms with Gasteiger partial charge < -0.3 is 10.1 Å². The number of pyridine rings is 1. The Kier molecular flexibility index (Phi) is 2.78. The third-order valence-electron chi connectivity index (χ3n) is 2.95. The number of ether oxygens (including phenoxy) is 1. The van der Waals surface area contributed by atoms with Gasteiger partial charge >= 0.3 is 0 Å². The molecule has 0 saturated carbocycles. The molecule has 3 heterocycles. The first-order valence-electron chi connectivity index (χ1n) is 5.95. The molecule has 0 amide bonds. The molecule has 3 rings (SSSR count). The van der Waals surface area contributed by atoms with Gasteiger partial charge in [0, 0.05) is 25.7 Å². The van der Waals surface area contributed by atoms with Gasteiger partial charge in [-0.15, -0.1) is 0 Å². The molecule has 1 fully saturated rings. The van der Waals surface area contributed by atoms with Gasteiger partial charge in [-0.2, -0.15) is 5.10 Å². The lowest BCUT2D eigenvalue weighted by Crippen LogP contribution is -2.39. The van der Waals surface area contributed by atoms with Crippen molar-refractivity contribution in [2.75, 3.05) is 19.7 Å². The van der Waals surface area contributed by atoms with Crippen molar-refractivity contribution in [3.63, 3.8) is 0 Å². The van der Waals surface area contributed by atoms with Gasteiger partial charge in [0.1, 0.15) is 0 Å². The lowest BCUT2D eigenvalue weighted by Gasteiger charge is -2.22. The van der Waals surface area contributed by atoms with Crippen LogP contribution in [0.2, 0.25) is 0 Å². The highest BCUT2D eigenvalue weighted by molar-refractivity contribution is 5.40. The molecule has 1 aliphatic heterocycles. The van der Waals surface area contributed by atoms with Gasteiger partial charge in [0.05, 0.1) is 12.7 Å². The monoisotopic (exact) mass is 232 g/mol. The van der Waals surface area contributed by atoms with E-state index in [4.69, 9.17) is 4.74 Å². The van der Waals surface area contributed by atoms with E-state index in [0.717, 1.165) is 37.6 Å². The van der Waals surface area contributed by atoms with Crippen molar-refractivity contribution in [1.29, 1.82) is 0 Å². The minimum atomic E-state index is 0.197. The number of nitrogens with one attached hydrogen (secondary N) is 1. The molecule has 1 atom stereocenters. The molecule has 1 unspecified atom stereocenters. The van der Waals surface area contributed by atoms with E-state index >= 15 is 0 Å². The van der Waals surface area contributed by atoms with Crippen molar-refractivity contribution in [2.45, 2.75) is 19.4 Å². The van der Waals surface area contributed by atoms with Gasteiger partial charge in [0.25, 0.3) is 0 Å². The zero-order valence-electron chi connectivity index (χ0n) is 9.89. The summed E-state index contributed by atoms with van der Waals surface area (Å²) in [5, 5.41) is 7.76. The Morgan fingerprint density at radius 1 is 1.59 bits per heavy atom. The molecule has 0 radical (unpaired) electrons. The largest absolute Gasteiger partial charge is 0.375 e. The Labute approximate surface area is 99.8 Å². The fourth-order valence-electron chi connectivity index (χ4n) is 2.07. The molecule has 0 aromatic carbocycles. The van der Waals surface area contributed by atoms with Crippen molar-refractivity contribution in [3.8, 4) is 0 Å². The third kappa shape index (κ3) is 2.30. The number of nitrogens with zero attached hydrogens (tertiary/aromatic N) is 3. The van der Waals surface area contributed by atoms with Crippen molar-refractivity contribution in [2.24, 2.45) is 0 Å². The average Bonchev–Trinajstić information content (AvgIpc) is 2.71. The average molecular weight is 232 g/mol. The summed E-state index contributed by atoms with van der Waals surface area (Å²) in [4.78, 5) is 4.51. The van der Waals surface area contributed by atoms with Gasteiger partial charge in [0.15, 0.2) is 11.5 Å². The molecular weight excluding hydrogens is 216 g/mol. The number of fused-ring (bicyclic) bond motifs is 1. The molecule has 2 aromatic rings. The Bertz CT molecular complexity index is 516. The van der Waals surface area contributed by atoms with Crippen LogP contribution in [0.3, 0.4) is 0 Å². The fourth-order valence-corrected chi connectivity index (χ4v) is 2.07. The van der Waals surface area contributed by atoms with E-state index in [0.29, 0.717) is 0 Å². The molecule has 0 spiro atoms. The zero-order valence-corrected chi connectivity index (χ0v) is 9.89. The van der Waals surface area contributed by atoms with Crippen LogP contribution in [-0.2, 0) is 11.2 Å². The van der Waals surface area contributed by atoms with Crippen LogP contribution < -0.4 is 5.32 Å². The highest BCUT2D eigenvalue weighted by atomic mass is 16.5. The van der Waals surface area contributed by atoms with Gasteiger partial charge in [0.2, 0.25) is 0 Å². The van der Waals surface area contributed by atoms with E-state index in [1.807, 2.05) is 22.8 Å². The predicted octanol–water partition coefficient (Wildman–Crippen LogP) is 0.569. The molecule has 5 heteroatoms. The molecule has 1 N–H and O–H groups in total. The highest BCUT2D eigenvalue weighted by Crippen LogP contribution is 2.08. The van der Waals surface area contributed by atoms with Crippen LogP contribution in [0.1, 0.15) is 11.4 Å². The summed E-state index contributed by atoms with van der Waals surface area (Å²) in [6, 6.07) is 4.07. The number of hydrogen-bond donors (Lipinski definition) is 1. The standard InChI is InChI=1S/C12H16N4O/c1-9-2-4-16-12(6-9)14-11(15-16)7-10-8-13-3-5-17-10/h2,4,6,10,13H,3,5,7-8H2,1H3. The highest BCUT2D eigenvalue weighted by Gasteiger charge is 2.16. The summed E-state index contributed by atoms with van der Waals surface area (Å²) in [6.45, 7) is 4.66.